The fourth-order valence-electron chi connectivity index (χ4n) is 3.42. The molecule has 2 aliphatic rings. The maximum Gasteiger partial charge on any atom is 0.290 e. The van der Waals surface area contributed by atoms with E-state index >= 15 is 0 Å². The lowest BCUT2D eigenvalue weighted by atomic mass is 10.0. The van der Waals surface area contributed by atoms with E-state index in [9.17, 15) is 9.59 Å². The zero-order chi connectivity index (χ0) is 19.5. The molecule has 2 amide bonds. The summed E-state index contributed by atoms with van der Waals surface area (Å²) in [5.41, 5.74) is 2.05. The summed E-state index contributed by atoms with van der Waals surface area (Å²) < 4.78 is 7.56. The van der Waals surface area contributed by atoms with Crippen molar-refractivity contribution in [2.75, 3.05) is 19.7 Å². The Balaban J connectivity index is 1.40. The number of rotatable bonds is 6. The van der Waals surface area contributed by atoms with Crippen LogP contribution < -0.4 is 10.1 Å². The number of imidazole rings is 1. The molecule has 1 fully saturated rings. The lowest BCUT2D eigenvalue weighted by molar-refractivity contribution is -0.121. The summed E-state index contributed by atoms with van der Waals surface area (Å²) in [4.78, 5) is 30.7. The van der Waals surface area contributed by atoms with Crippen LogP contribution >= 0.6 is 0 Å². The lowest BCUT2D eigenvalue weighted by Gasteiger charge is -2.19. The molecule has 0 radical (unpaired) electrons. The number of aromatic nitrogens is 2. The maximum atomic E-state index is 12.8. The van der Waals surface area contributed by atoms with Crippen LogP contribution in [0.5, 0.6) is 5.75 Å². The molecule has 0 spiro atoms. The van der Waals surface area contributed by atoms with Crippen molar-refractivity contribution in [3.63, 3.8) is 0 Å². The average Bonchev–Trinajstić information content (AvgIpc) is 3.46. The van der Waals surface area contributed by atoms with Crippen LogP contribution in [0.2, 0.25) is 0 Å². The second kappa shape index (κ2) is 8.04. The second-order valence-electron chi connectivity index (χ2n) is 7.63. The fourth-order valence-corrected chi connectivity index (χ4v) is 3.42. The molecular formula is C21H26N4O3. The average molecular weight is 382 g/mol. The predicted molar refractivity (Wildman–Crippen MR) is 104 cm³/mol. The van der Waals surface area contributed by atoms with E-state index < -0.39 is 0 Å². The van der Waals surface area contributed by atoms with E-state index in [-0.39, 0.29) is 11.8 Å². The third kappa shape index (κ3) is 4.35. The van der Waals surface area contributed by atoms with E-state index in [1.54, 1.807) is 21.9 Å². The SMILES string of the molecule is Cn1ccnc1C(=O)N1CCOc2ccc(CCC(=O)NCC3CC3)cc2C1. The van der Waals surface area contributed by atoms with Crippen molar-refractivity contribution in [1.29, 1.82) is 0 Å². The van der Waals surface area contributed by atoms with E-state index in [0.717, 1.165) is 23.4 Å². The van der Waals surface area contributed by atoms with Crippen LogP contribution in [-0.4, -0.2) is 46.0 Å². The Labute approximate surface area is 164 Å². The van der Waals surface area contributed by atoms with E-state index in [1.807, 2.05) is 25.2 Å². The summed E-state index contributed by atoms with van der Waals surface area (Å²) in [7, 11) is 1.81. The molecule has 0 unspecified atom stereocenters. The highest BCUT2D eigenvalue weighted by atomic mass is 16.5. The van der Waals surface area contributed by atoms with Crippen molar-refractivity contribution in [1.82, 2.24) is 19.8 Å². The number of nitrogens with one attached hydrogen (secondary N) is 1. The predicted octanol–water partition coefficient (Wildman–Crippen LogP) is 1.91. The summed E-state index contributed by atoms with van der Waals surface area (Å²) in [6, 6.07) is 6.00. The van der Waals surface area contributed by atoms with Gasteiger partial charge in [0.05, 0.1) is 6.54 Å². The normalized spacial score (nSPS) is 16.1. The van der Waals surface area contributed by atoms with Crippen LogP contribution in [0.15, 0.2) is 30.6 Å². The van der Waals surface area contributed by atoms with Gasteiger partial charge in [-0.1, -0.05) is 12.1 Å². The summed E-state index contributed by atoms with van der Waals surface area (Å²) in [6.07, 6.45) is 7.01. The highest BCUT2D eigenvalue weighted by molar-refractivity contribution is 5.90. The largest absolute Gasteiger partial charge is 0.491 e. The maximum absolute atomic E-state index is 12.8. The summed E-state index contributed by atoms with van der Waals surface area (Å²) in [5.74, 6) is 1.92. The van der Waals surface area contributed by atoms with E-state index in [4.69, 9.17) is 4.74 Å². The Bertz CT molecular complexity index is 872. The number of benzene rings is 1. The van der Waals surface area contributed by atoms with Crippen molar-refractivity contribution in [3.8, 4) is 5.75 Å². The monoisotopic (exact) mass is 382 g/mol. The molecule has 1 aliphatic heterocycles. The topological polar surface area (TPSA) is 76.5 Å². The highest BCUT2D eigenvalue weighted by Crippen LogP contribution is 2.28. The van der Waals surface area contributed by atoms with Gasteiger partial charge in [-0.2, -0.15) is 0 Å². The first-order valence-corrected chi connectivity index (χ1v) is 9.88. The summed E-state index contributed by atoms with van der Waals surface area (Å²) in [6.45, 7) is 2.25. The van der Waals surface area contributed by atoms with Gasteiger partial charge in [-0.3, -0.25) is 9.59 Å². The molecule has 1 saturated carbocycles. The zero-order valence-corrected chi connectivity index (χ0v) is 16.2. The molecule has 2 aromatic rings. The molecule has 1 N–H and O–H groups in total. The lowest BCUT2D eigenvalue weighted by Crippen LogP contribution is -2.34. The van der Waals surface area contributed by atoms with Gasteiger partial charge in [0.15, 0.2) is 5.82 Å². The summed E-state index contributed by atoms with van der Waals surface area (Å²) >= 11 is 0. The molecule has 0 saturated heterocycles. The van der Waals surface area contributed by atoms with Crippen LogP contribution in [-0.2, 0) is 24.8 Å². The van der Waals surface area contributed by atoms with Gasteiger partial charge in [-0.25, -0.2) is 4.98 Å². The van der Waals surface area contributed by atoms with Crippen molar-refractivity contribution in [2.24, 2.45) is 13.0 Å². The molecule has 0 bridgehead atoms. The molecule has 7 nitrogen and oxygen atoms in total. The first kappa shape index (κ1) is 18.5. The minimum absolute atomic E-state index is 0.102. The minimum Gasteiger partial charge on any atom is -0.491 e. The van der Waals surface area contributed by atoms with Crippen LogP contribution in [0.25, 0.3) is 0 Å². The van der Waals surface area contributed by atoms with Crippen LogP contribution in [0.1, 0.15) is 41.0 Å². The van der Waals surface area contributed by atoms with Gasteiger partial charge >= 0.3 is 0 Å². The van der Waals surface area contributed by atoms with Crippen molar-refractivity contribution in [3.05, 3.63) is 47.5 Å². The van der Waals surface area contributed by atoms with Crippen molar-refractivity contribution in [2.45, 2.75) is 32.2 Å². The van der Waals surface area contributed by atoms with Gasteiger partial charge in [0.1, 0.15) is 12.4 Å². The van der Waals surface area contributed by atoms with Gasteiger partial charge in [0, 0.05) is 44.5 Å². The third-order valence-corrected chi connectivity index (χ3v) is 5.33. The fraction of sp³-hybridized carbons (Fsp3) is 0.476. The van der Waals surface area contributed by atoms with E-state index in [0.29, 0.717) is 44.3 Å². The molecule has 1 aliphatic carbocycles. The Hall–Kier alpha value is -2.83. The molecule has 28 heavy (non-hydrogen) atoms. The highest BCUT2D eigenvalue weighted by Gasteiger charge is 2.24. The summed E-state index contributed by atoms with van der Waals surface area (Å²) in [5, 5.41) is 3.00. The minimum atomic E-state index is -0.103. The molecule has 4 rings (SSSR count). The number of carbonyl (C=O) groups is 2. The van der Waals surface area contributed by atoms with E-state index in [2.05, 4.69) is 10.3 Å². The number of aryl methyl sites for hydroxylation is 2. The Morgan fingerprint density at radius 1 is 1.32 bits per heavy atom. The van der Waals surface area contributed by atoms with Crippen LogP contribution in [0, 0.1) is 5.92 Å². The van der Waals surface area contributed by atoms with E-state index in [1.165, 1.54) is 12.8 Å². The molecule has 0 atom stereocenters. The van der Waals surface area contributed by atoms with Crippen molar-refractivity contribution < 1.29 is 14.3 Å². The standard InChI is InChI=1S/C21H26N4O3/c1-24-9-8-22-20(24)21(27)25-10-11-28-18-6-4-15(12-17(18)14-25)5-7-19(26)23-13-16-2-3-16/h4,6,8-9,12,16H,2-3,5,7,10-11,13-14H2,1H3,(H,23,26). The molecule has 7 heteroatoms. The number of amides is 2. The van der Waals surface area contributed by atoms with Crippen LogP contribution in [0.4, 0.5) is 0 Å². The Morgan fingerprint density at radius 3 is 2.93 bits per heavy atom. The second-order valence-corrected chi connectivity index (χ2v) is 7.63. The Kier molecular flexibility index (Phi) is 5.32. The first-order chi connectivity index (χ1) is 13.6. The number of fused-ring (bicyclic) bond motifs is 1. The quantitative estimate of drug-likeness (QED) is 0.828. The number of carbonyl (C=O) groups excluding carboxylic acids is 2. The van der Waals surface area contributed by atoms with Gasteiger partial charge in [0.2, 0.25) is 5.91 Å². The molecule has 1 aromatic carbocycles. The van der Waals surface area contributed by atoms with Gasteiger partial charge < -0.3 is 19.5 Å². The van der Waals surface area contributed by atoms with Gasteiger partial charge in [-0.05, 0) is 36.8 Å². The smallest absolute Gasteiger partial charge is 0.290 e. The number of hydrogen-bond acceptors (Lipinski definition) is 4. The van der Waals surface area contributed by atoms with Gasteiger partial charge in [-0.15, -0.1) is 0 Å². The third-order valence-electron chi connectivity index (χ3n) is 5.33. The molecule has 1 aromatic heterocycles. The number of hydrogen-bond donors (Lipinski definition) is 1. The number of ether oxygens (including phenoxy) is 1. The molecule has 148 valence electrons. The number of nitrogens with zero attached hydrogens (tertiary/aromatic N) is 3. The molecular weight excluding hydrogens is 356 g/mol. The first-order valence-electron chi connectivity index (χ1n) is 9.88. The zero-order valence-electron chi connectivity index (χ0n) is 16.2. The Morgan fingerprint density at radius 2 is 2.18 bits per heavy atom. The van der Waals surface area contributed by atoms with Crippen molar-refractivity contribution >= 4 is 11.8 Å². The van der Waals surface area contributed by atoms with Crippen LogP contribution in [0.3, 0.4) is 0 Å². The van der Waals surface area contributed by atoms with Gasteiger partial charge in [0.25, 0.3) is 5.91 Å². The molecule has 2 heterocycles.